The summed E-state index contributed by atoms with van der Waals surface area (Å²) in [5.74, 6) is -1.36. The summed E-state index contributed by atoms with van der Waals surface area (Å²) in [5, 5.41) is 15.9. The highest BCUT2D eigenvalue weighted by atomic mass is 32.2. The third-order valence-electron chi connectivity index (χ3n) is 3.55. The lowest BCUT2D eigenvalue weighted by Gasteiger charge is -2.05. The van der Waals surface area contributed by atoms with Crippen LogP contribution in [0.25, 0.3) is 6.08 Å². The van der Waals surface area contributed by atoms with Gasteiger partial charge >= 0.3 is 5.97 Å². The molecule has 0 heterocycles. The molecule has 0 bridgehead atoms. The van der Waals surface area contributed by atoms with E-state index in [-0.39, 0.29) is 22.8 Å². The van der Waals surface area contributed by atoms with E-state index in [4.69, 9.17) is 9.88 Å². The van der Waals surface area contributed by atoms with Crippen LogP contribution in [0, 0.1) is 10.1 Å². The minimum Gasteiger partial charge on any atom is -0.460 e. The molecule has 28 heavy (non-hydrogen) atoms. The van der Waals surface area contributed by atoms with Gasteiger partial charge in [0.15, 0.2) is 5.78 Å². The first-order valence-corrected chi connectivity index (χ1v) is 9.43. The Hall–Kier alpha value is -3.37. The van der Waals surface area contributed by atoms with E-state index in [9.17, 15) is 28.1 Å². The number of sulfonamides is 1. The summed E-state index contributed by atoms with van der Waals surface area (Å²) in [7, 11) is -3.81. The number of hydrogen-bond acceptors (Lipinski definition) is 7. The second-order valence-electron chi connectivity index (χ2n) is 5.64. The molecule has 0 aliphatic rings. The van der Waals surface area contributed by atoms with E-state index < -0.39 is 33.1 Å². The molecule has 0 fully saturated rings. The van der Waals surface area contributed by atoms with Crippen LogP contribution >= 0.6 is 0 Å². The van der Waals surface area contributed by atoms with Crippen LogP contribution in [0.2, 0.25) is 0 Å². The molecule has 0 saturated heterocycles. The number of esters is 1. The lowest BCUT2D eigenvalue weighted by molar-refractivity contribution is -0.385. The number of carbonyl (C=O) groups is 2. The molecule has 0 aliphatic heterocycles. The fourth-order valence-electron chi connectivity index (χ4n) is 2.17. The molecule has 10 heteroatoms. The molecular weight excluding hydrogens is 388 g/mol. The van der Waals surface area contributed by atoms with Crippen LogP contribution < -0.4 is 5.14 Å². The Morgan fingerprint density at radius 2 is 1.75 bits per heavy atom. The van der Waals surface area contributed by atoms with Gasteiger partial charge in [0, 0.05) is 6.07 Å². The van der Waals surface area contributed by atoms with E-state index in [1.807, 2.05) is 0 Å². The Kier molecular flexibility index (Phi) is 6.74. The minimum atomic E-state index is -3.81. The third kappa shape index (κ3) is 6.11. The molecule has 0 amide bonds. The predicted octanol–water partition coefficient (Wildman–Crippen LogP) is 1.96. The molecule has 0 unspecified atom stereocenters. The number of nitrogens with zero attached hydrogens (tertiary/aromatic N) is 1. The average molecular weight is 404 g/mol. The first kappa shape index (κ1) is 20.9. The number of ether oxygens (including phenoxy) is 1. The molecule has 0 spiro atoms. The summed E-state index contributed by atoms with van der Waals surface area (Å²) in [6.45, 7) is -0.148. The number of para-hydroxylation sites is 1. The van der Waals surface area contributed by atoms with Gasteiger partial charge in [-0.3, -0.25) is 19.7 Å². The van der Waals surface area contributed by atoms with E-state index in [0.717, 1.165) is 6.08 Å². The first-order valence-electron chi connectivity index (χ1n) is 7.88. The van der Waals surface area contributed by atoms with Gasteiger partial charge in [0.2, 0.25) is 10.0 Å². The molecule has 0 saturated carbocycles. The standard InChI is InChI=1S/C18H16N2O7S/c19-28(25,26)16-9-5-13(6-10-16)12-27-18(22)11-15(21)8-7-14-3-1-2-4-17(14)20(23)24/h1-10H,11-12H2,(H2,19,25,26). The number of rotatable bonds is 8. The smallest absolute Gasteiger partial charge is 0.314 e. The molecule has 146 valence electrons. The molecule has 2 rings (SSSR count). The van der Waals surface area contributed by atoms with E-state index in [1.54, 1.807) is 6.07 Å². The van der Waals surface area contributed by atoms with Crippen LogP contribution in [0.4, 0.5) is 5.69 Å². The zero-order valence-corrected chi connectivity index (χ0v) is 15.3. The van der Waals surface area contributed by atoms with Crippen molar-refractivity contribution < 1.29 is 27.7 Å². The van der Waals surface area contributed by atoms with Crippen LogP contribution in [-0.4, -0.2) is 25.1 Å². The van der Waals surface area contributed by atoms with Crippen molar-refractivity contribution in [3.63, 3.8) is 0 Å². The Balaban J connectivity index is 1.89. The SMILES string of the molecule is NS(=O)(=O)c1ccc(COC(=O)CC(=O)C=Cc2ccccc2[N+](=O)[O-])cc1. The van der Waals surface area contributed by atoms with E-state index in [1.165, 1.54) is 48.5 Å². The van der Waals surface area contributed by atoms with E-state index in [2.05, 4.69) is 0 Å². The van der Waals surface area contributed by atoms with Crippen LogP contribution in [-0.2, 0) is 31.0 Å². The maximum atomic E-state index is 11.8. The Morgan fingerprint density at radius 3 is 2.36 bits per heavy atom. The summed E-state index contributed by atoms with van der Waals surface area (Å²) >= 11 is 0. The molecule has 2 aromatic carbocycles. The molecule has 2 aromatic rings. The molecule has 0 atom stereocenters. The van der Waals surface area contributed by atoms with Crippen molar-refractivity contribution in [2.75, 3.05) is 0 Å². The quantitative estimate of drug-likeness (QED) is 0.232. The highest BCUT2D eigenvalue weighted by Crippen LogP contribution is 2.19. The fourth-order valence-corrected chi connectivity index (χ4v) is 2.68. The number of primary sulfonamides is 1. The number of nitro groups is 1. The lowest BCUT2D eigenvalue weighted by Crippen LogP contribution is -2.12. The maximum absolute atomic E-state index is 11.8. The van der Waals surface area contributed by atoms with Gasteiger partial charge < -0.3 is 4.74 Å². The second kappa shape index (κ2) is 9.02. The first-order chi connectivity index (χ1) is 13.2. The lowest BCUT2D eigenvalue weighted by atomic mass is 10.1. The third-order valence-corrected chi connectivity index (χ3v) is 4.48. The number of nitrogens with two attached hydrogens (primary N) is 1. The second-order valence-corrected chi connectivity index (χ2v) is 7.20. The van der Waals surface area contributed by atoms with Crippen LogP contribution in [0.3, 0.4) is 0 Å². The topological polar surface area (TPSA) is 147 Å². The highest BCUT2D eigenvalue weighted by Gasteiger charge is 2.12. The number of carbonyl (C=O) groups excluding carboxylic acids is 2. The van der Waals surface area contributed by atoms with Crippen molar-refractivity contribution in [2.45, 2.75) is 17.9 Å². The van der Waals surface area contributed by atoms with Crippen molar-refractivity contribution >= 4 is 33.5 Å². The molecule has 0 aliphatic carbocycles. The predicted molar refractivity (Wildman–Crippen MR) is 99.4 cm³/mol. The van der Waals surface area contributed by atoms with Gasteiger partial charge in [0.1, 0.15) is 13.0 Å². The number of nitro benzene ring substituents is 1. The maximum Gasteiger partial charge on any atom is 0.314 e. The van der Waals surface area contributed by atoms with Crippen LogP contribution in [0.15, 0.2) is 59.5 Å². The Labute approximate surface area is 160 Å². The molecule has 2 N–H and O–H groups in total. The molecule has 9 nitrogen and oxygen atoms in total. The van der Waals surface area contributed by atoms with Gasteiger partial charge in [0.25, 0.3) is 5.69 Å². The molecule has 0 aromatic heterocycles. The summed E-state index contributed by atoms with van der Waals surface area (Å²) in [6.07, 6.45) is 1.80. The number of benzene rings is 2. The number of ketones is 1. The van der Waals surface area contributed by atoms with E-state index >= 15 is 0 Å². The summed E-state index contributed by atoms with van der Waals surface area (Å²) in [4.78, 5) is 33.8. The van der Waals surface area contributed by atoms with Crippen molar-refractivity contribution in [2.24, 2.45) is 5.14 Å². The molecule has 0 radical (unpaired) electrons. The zero-order valence-electron chi connectivity index (χ0n) is 14.5. The number of hydrogen-bond donors (Lipinski definition) is 1. The van der Waals surface area contributed by atoms with Gasteiger partial charge in [-0.1, -0.05) is 24.3 Å². The van der Waals surface area contributed by atoms with Gasteiger partial charge in [-0.25, -0.2) is 13.6 Å². The van der Waals surface area contributed by atoms with Crippen molar-refractivity contribution in [3.05, 3.63) is 75.8 Å². The van der Waals surface area contributed by atoms with Gasteiger partial charge in [0.05, 0.1) is 15.4 Å². The van der Waals surface area contributed by atoms with Gasteiger partial charge in [-0.15, -0.1) is 0 Å². The van der Waals surface area contributed by atoms with Gasteiger partial charge in [-0.2, -0.15) is 0 Å². The minimum absolute atomic E-state index is 0.0714. The normalized spacial score (nSPS) is 11.3. The van der Waals surface area contributed by atoms with Gasteiger partial charge in [-0.05, 0) is 35.9 Å². The molecular formula is C18H16N2O7S. The summed E-state index contributed by atoms with van der Waals surface area (Å²) < 4.78 is 27.3. The average Bonchev–Trinajstić information content (AvgIpc) is 2.64. The van der Waals surface area contributed by atoms with E-state index in [0.29, 0.717) is 5.56 Å². The summed E-state index contributed by atoms with van der Waals surface area (Å²) in [6, 6.07) is 11.3. The monoisotopic (exact) mass is 404 g/mol. The zero-order chi connectivity index (χ0) is 20.7. The largest absolute Gasteiger partial charge is 0.460 e. The van der Waals surface area contributed by atoms with Crippen molar-refractivity contribution in [1.29, 1.82) is 0 Å². The van der Waals surface area contributed by atoms with Crippen molar-refractivity contribution in [3.8, 4) is 0 Å². The highest BCUT2D eigenvalue weighted by molar-refractivity contribution is 7.89. The van der Waals surface area contributed by atoms with Crippen molar-refractivity contribution in [1.82, 2.24) is 0 Å². The number of allylic oxidation sites excluding steroid dienone is 1. The van der Waals surface area contributed by atoms with Crippen LogP contribution in [0.5, 0.6) is 0 Å². The Bertz CT molecular complexity index is 1030. The summed E-state index contributed by atoms with van der Waals surface area (Å²) in [5.41, 5.74) is 0.602. The fraction of sp³-hybridized carbons (Fsp3) is 0.111. The Morgan fingerprint density at radius 1 is 1.11 bits per heavy atom. The van der Waals surface area contributed by atoms with Crippen LogP contribution in [0.1, 0.15) is 17.5 Å².